The monoisotopic (exact) mass is 283 g/mol. The van der Waals surface area contributed by atoms with Crippen molar-refractivity contribution in [3.63, 3.8) is 0 Å². The second kappa shape index (κ2) is 5.57. The summed E-state index contributed by atoms with van der Waals surface area (Å²) in [6.45, 7) is 0. The Morgan fingerprint density at radius 3 is 2.58 bits per heavy atom. The number of nitrogens with zero attached hydrogens (tertiary/aromatic N) is 3. The Morgan fingerprint density at radius 2 is 2.05 bits per heavy atom. The molecule has 2 aromatic rings. The van der Waals surface area contributed by atoms with Crippen LogP contribution in [0.2, 0.25) is 0 Å². The maximum Gasteiger partial charge on any atom is 0.321 e. The van der Waals surface area contributed by atoms with E-state index in [0.29, 0.717) is 5.56 Å². The third kappa shape index (κ3) is 3.14. The van der Waals surface area contributed by atoms with Crippen molar-refractivity contribution in [2.24, 2.45) is 0 Å². The maximum atomic E-state index is 13.3. The number of nitro groups is 1. The van der Waals surface area contributed by atoms with Crippen LogP contribution in [0.4, 0.5) is 10.1 Å². The summed E-state index contributed by atoms with van der Waals surface area (Å²) in [4.78, 5) is 17.4. The maximum absolute atomic E-state index is 13.3. The smallest absolute Gasteiger partial charge is 0.321 e. The standard InChI is InChI=1S/C11H7ClFN3O3/c12-4-7-5-14-11(15-6-7)19-8-1-2-10(16(17)18)9(13)3-8/h1-3,5-6H,4H2. The fourth-order valence-corrected chi connectivity index (χ4v) is 1.41. The van der Waals surface area contributed by atoms with Gasteiger partial charge in [-0.2, -0.15) is 4.39 Å². The second-order valence-electron chi connectivity index (χ2n) is 3.48. The van der Waals surface area contributed by atoms with Crippen molar-refractivity contribution in [1.29, 1.82) is 0 Å². The molecule has 0 aliphatic rings. The minimum absolute atomic E-state index is 0.00196. The first-order valence-electron chi connectivity index (χ1n) is 5.09. The normalized spacial score (nSPS) is 10.2. The lowest BCUT2D eigenvalue weighted by atomic mass is 10.3. The van der Waals surface area contributed by atoms with Crippen LogP contribution in [0.1, 0.15) is 5.56 Å². The number of benzene rings is 1. The number of rotatable bonds is 4. The summed E-state index contributed by atoms with van der Waals surface area (Å²) in [5, 5.41) is 10.4. The highest BCUT2D eigenvalue weighted by atomic mass is 35.5. The third-order valence-electron chi connectivity index (χ3n) is 2.16. The fraction of sp³-hybridized carbons (Fsp3) is 0.0909. The van der Waals surface area contributed by atoms with Crippen LogP contribution in [0.5, 0.6) is 11.8 Å². The van der Waals surface area contributed by atoms with Gasteiger partial charge in [0.1, 0.15) is 5.75 Å². The van der Waals surface area contributed by atoms with Gasteiger partial charge >= 0.3 is 11.7 Å². The molecule has 0 unspecified atom stereocenters. The van der Waals surface area contributed by atoms with E-state index in [2.05, 4.69) is 9.97 Å². The van der Waals surface area contributed by atoms with Crippen LogP contribution in [-0.2, 0) is 5.88 Å². The molecule has 2 rings (SSSR count). The third-order valence-corrected chi connectivity index (χ3v) is 2.47. The zero-order chi connectivity index (χ0) is 13.8. The quantitative estimate of drug-likeness (QED) is 0.489. The molecule has 19 heavy (non-hydrogen) atoms. The predicted molar refractivity (Wildman–Crippen MR) is 64.7 cm³/mol. The first-order valence-corrected chi connectivity index (χ1v) is 5.62. The SMILES string of the molecule is O=[N+]([O-])c1ccc(Oc2ncc(CCl)cn2)cc1F. The molecule has 0 atom stereocenters. The Labute approximate surface area is 112 Å². The van der Waals surface area contributed by atoms with E-state index in [1.54, 1.807) is 0 Å². The number of alkyl halides is 1. The molecule has 0 radical (unpaired) electrons. The molecular formula is C11H7ClFN3O3. The Morgan fingerprint density at radius 1 is 1.37 bits per heavy atom. The Kier molecular flexibility index (Phi) is 3.86. The first kappa shape index (κ1) is 13.2. The number of aromatic nitrogens is 2. The summed E-state index contributed by atoms with van der Waals surface area (Å²) < 4.78 is 18.5. The summed E-state index contributed by atoms with van der Waals surface area (Å²) in [6.07, 6.45) is 2.94. The van der Waals surface area contributed by atoms with E-state index in [4.69, 9.17) is 16.3 Å². The van der Waals surface area contributed by atoms with Gasteiger partial charge in [0.25, 0.3) is 0 Å². The zero-order valence-electron chi connectivity index (χ0n) is 9.42. The van der Waals surface area contributed by atoms with Gasteiger partial charge in [0.15, 0.2) is 0 Å². The van der Waals surface area contributed by atoms with Crippen LogP contribution < -0.4 is 4.74 Å². The van der Waals surface area contributed by atoms with E-state index in [9.17, 15) is 14.5 Å². The molecule has 0 N–H and O–H groups in total. The molecule has 1 aromatic heterocycles. The summed E-state index contributed by atoms with van der Waals surface area (Å²) in [5.41, 5.74) is 0.0923. The van der Waals surface area contributed by atoms with Gasteiger partial charge in [-0.15, -0.1) is 11.6 Å². The van der Waals surface area contributed by atoms with Crippen LogP contribution in [0.3, 0.4) is 0 Å². The van der Waals surface area contributed by atoms with E-state index in [-0.39, 0.29) is 17.6 Å². The number of halogens is 2. The second-order valence-corrected chi connectivity index (χ2v) is 3.75. The molecule has 0 saturated carbocycles. The molecule has 0 amide bonds. The van der Waals surface area contributed by atoms with Gasteiger partial charge in [0, 0.05) is 30.1 Å². The highest BCUT2D eigenvalue weighted by Gasteiger charge is 2.14. The van der Waals surface area contributed by atoms with Crippen molar-refractivity contribution >= 4 is 17.3 Å². The minimum Gasteiger partial charge on any atom is -0.424 e. The van der Waals surface area contributed by atoms with Crippen LogP contribution >= 0.6 is 11.6 Å². The molecule has 0 spiro atoms. The van der Waals surface area contributed by atoms with Gasteiger partial charge in [-0.05, 0) is 6.07 Å². The van der Waals surface area contributed by atoms with Crippen molar-refractivity contribution in [2.75, 3.05) is 0 Å². The molecule has 98 valence electrons. The van der Waals surface area contributed by atoms with Gasteiger partial charge in [0.2, 0.25) is 5.82 Å². The molecule has 0 aliphatic carbocycles. The van der Waals surface area contributed by atoms with Gasteiger partial charge in [-0.1, -0.05) is 0 Å². The topological polar surface area (TPSA) is 78.2 Å². The molecule has 6 nitrogen and oxygen atoms in total. The van der Waals surface area contributed by atoms with Gasteiger partial charge < -0.3 is 4.74 Å². The number of nitro benzene ring substituents is 1. The van der Waals surface area contributed by atoms with Crippen LogP contribution in [0.15, 0.2) is 30.6 Å². The molecule has 8 heteroatoms. The Balaban J connectivity index is 2.18. The van der Waals surface area contributed by atoms with Crippen molar-refractivity contribution < 1.29 is 14.1 Å². The highest BCUT2D eigenvalue weighted by molar-refractivity contribution is 6.17. The van der Waals surface area contributed by atoms with Crippen molar-refractivity contribution in [1.82, 2.24) is 9.97 Å². The van der Waals surface area contributed by atoms with Gasteiger partial charge in [0.05, 0.1) is 10.8 Å². The van der Waals surface area contributed by atoms with Crippen molar-refractivity contribution in [3.05, 3.63) is 52.1 Å². The van der Waals surface area contributed by atoms with E-state index in [0.717, 1.165) is 12.1 Å². The Bertz CT molecular complexity index is 607. The molecular weight excluding hydrogens is 277 g/mol. The summed E-state index contributed by atoms with van der Waals surface area (Å²) >= 11 is 5.57. The average Bonchev–Trinajstić information content (AvgIpc) is 2.39. The molecule has 0 bridgehead atoms. The van der Waals surface area contributed by atoms with Gasteiger partial charge in [-0.25, -0.2) is 9.97 Å². The average molecular weight is 284 g/mol. The van der Waals surface area contributed by atoms with Gasteiger partial charge in [-0.3, -0.25) is 10.1 Å². The summed E-state index contributed by atoms with van der Waals surface area (Å²) in [5.74, 6) is -0.645. The van der Waals surface area contributed by atoms with E-state index < -0.39 is 16.4 Å². The van der Waals surface area contributed by atoms with Crippen LogP contribution in [-0.4, -0.2) is 14.9 Å². The lowest BCUT2D eigenvalue weighted by Gasteiger charge is -2.04. The van der Waals surface area contributed by atoms with Crippen molar-refractivity contribution in [3.8, 4) is 11.8 Å². The van der Waals surface area contributed by atoms with Crippen LogP contribution in [0.25, 0.3) is 0 Å². The fourth-order valence-electron chi connectivity index (χ4n) is 1.27. The minimum atomic E-state index is -0.986. The molecule has 0 fully saturated rings. The predicted octanol–water partition coefficient (Wildman–Crippen LogP) is 3.06. The van der Waals surface area contributed by atoms with E-state index >= 15 is 0 Å². The highest BCUT2D eigenvalue weighted by Crippen LogP contribution is 2.24. The summed E-state index contributed by atoms with van der Waals surface area (Å²) in [6, 6.07) is 3.18. The molecule has 0 aliphatic heterocycles. The molecule has 1 heterocycles. The largest absolute Gasteiger partial charge is 0.424 e. The number of hydrogen-bond donors (Lipinski definition) is 0. The lowest BCUT2D eigenvalue weighted by molar-refractivity contribution is -0.387. The number of ether oxygens (including phenoxy) is 1. The summed E-state index contributed by atoms with van der Waals surface area (Å²) in [7, 11) is 0. The first-order chi connectivity index (χ1) is 9.10. The molecule has 1 aromatic carbocycles. The lowest BCUT2D eigenvalue weighted by Crippen LogP contribution is -1.95. The van der Waals surface area contributed by atoms with Crippen molar-refractivity contribution in [2.45, 2.75) is 5.88 Å². The van der Waals surface area contributed by atoms with E-state index in [1.165, 1.54) is 18.5 Å². The molecule has 0 saturated heterocycles. The Hall–Kier alpha value is -2.28. The number of hydrogen-bond acceptors (Lipinski definition) is 5. The van der Waals surface area contributed by atoms with E-state index in [1.807, 2.05) is 0 Å². The zero-order valence-corrected chi connectivity index (χ0v) is 10.2. The van der Waals surface area contributed by atoms with Crippen LogP contribution in [0, 0.1) is 15.9 Å².